The second-order valence-electron chi connectivity index (χ2n) is 10.6. The van der Waals surface area contributed by atoms with Crippen LogP contribution in [0.4, 0.5) is 20.2 Å². The summed E-state index contributed by atoms with van der Waals surface area (Å²) >= 11 is 0. The number of carbonyl (C=O) groups is 2. The monoisotopic (exact) mass is 527 g/mol. The van der Waals surface area contributed by atoms with Crippen LogP contribution in [0.5, 0.6) is 0 Å². The first kappa shape index (κ1) is 26.4. The van der Waals surface area contributed by atoms with Gasteiger partial charge in [0.25, 0.3) is 11.8 Å². The maximum Gasteiger partial charge on any atom is 0.273 e. The van der Waals surface area contributed by atoms with E-state index in [9.17, 15) is 14.7 Å². The molecule has 204 valence electrons. The Kier molecular flexibility index (Phi) is 7.28. The number of likely N-dealkylation sites (tertiary alicyclic amines) is 2. The van der Waals surface area contributed by atoms with Crippen LogP contribution < -0.4 is 10.6 Å². The molecule has 2 aromatic rings. The van der Waals surface area contributed by atoms with Crippen molar-refractivity contribution in [3.8, 4) is 0 Å². The third-order valence-electron chi connectivity index (χ3n) is 7.97. The predicted molar refractivity (Wildman–Crippen MR) is 143 cm³/mol. The summed E-state index contributed by atoms with van der Waals surface area (Å²) < 4.78 is 30.2. The third-order valence-corrected chi connectivity index (χ3v) is 7.97. The summed E-state index contributed by atoms with van der Waals surface area (Å²) in [5.74, 6) is -3.69. The number of aliphatic hydroxyl groups excluding tert-OH is 1. The van der Waals surface area contributed by atoms with Crippen molar-refractivity contribution in [3.63, 3.8) is 0 Å². The van der Waals surface area contributed by atoms with Crippen molar-refractivity contribution in [1.29, 1.82) is 0 Å². The van der Waals surface area contributed by atoms with Gasteiger partial charge in [-0.3, -0.25) is 9.59 Å². The molecule has 2 amide bonds. The molecule has 8 nitrogen and oxygen atoms in total. The van der Waals surface area contributed by atoms with E-state index < -0.39 is 12.2 Å². The van der Waals surface area contributed by atoms with Gasteiger partial charge in [-0.1, -0.05) is 6.42 Å². The van der Waals surface area contributed by atoms with Crippen molar-refractivity contribution in [2.75, 3.05) is 36.8 Å². The highest BCUT2D eigenvalue weighted by molar-refractivity contribution is 6.00. The Bertz CT molecular complexity index is 1240. The fraction of sp³-hybridized carbons (Fsp3) is 0.500. The number of aliphatic hydroxyl groups is 1. The van der Waals surface area contributed by atoms with Crippen LogP contribution in [0.25, 0.3) is 11.6 Å². The summed E-state index contributed by atoms with van der Waals surface area (Å²) in [5.41, 5.74) is 2.14. The first-order chi connectivity index (χ1) is 18.2. The average molecular weight is 528 g/mol. The Hall–Kier alpha value is -3.24. The Labute approximate surface area is 221 Å². The van der Waals surface area contributed by atoms with Gasteiger partial charge in [0, 0.05) is 60.0 Å². The van der Waals surface area contributed by atoms with Gasteiger partial charge < -0.3 is 30.5 Å². The molecular weight excluding hydrogens is 492 g/mol. The number of aromatic amines is 1. The van der Waals surface area contributed by atoms with Gasteiger partial charge in [0.2, 0.25) is 6.41 Å². The number of anilines is 2. The minimum absolute atomic E-state index is 0.00202. The lowest BCUT2D eigenvalue weighted by Crippen LogP contribution is -2.48. The molecule has 1 aromatic heterocycles. The summed E-state index contributed by atoms with van der Waals surface area (Å²) in [7, 11) is 0. The van der Waals surface area contributed by atoms with Gasteiger partial charge in [0.05, 0.1) is 11.1 Å². The standard InChI is InChI=1S/C28H35F2N5O3/c1-17-24(27(38)35-12-8-19(9-13-35)34-10-4-3-5-11-34)25(28(2,29)30)23(32-17)15-21-20-14-18(31-16-36)6-7-22(20)33-26(21)37/h6-7,14-16,19,26,32-33,37H,3-5,8-13H2,1-2H3,(H,31,36)/b21-15-. The van der Waals surface area contributed by atoms with Crippen LogP contribution in [0, 0.1) is 6.92 Å². The molecule has 0 bridgehead atoms. The SMILES string of the molecule is Cc1[nH]c(/C=C2/c3cc(NC=O)ccc3NC2O)c(C(C)(F)F)c1C(=O)N1CCC(N2CCCCC2)CC1. The Morgan fingerprint density at radius 2 is 1.87 bits per heavy atom. The van der Waals surface area contributed by atoms with E-state index in [1.807, 2.05) is 0 Å². The average Bonchev–Trinajstić information content (AvgIpc) is 3.40. The fourth-order valence-corrected chi connectivity index (χ4v) is 6.11. The number of fused-ring (bicyclic) bond motifs is 1. The summed E-state index contributed by atoms with van der Waals surface area (Å²) in [5, 5.41) is 16.1. The van der Waals surface area contributed by atoms with Crippen LogP contribution in [0.3, 0.4) is 0 Å². The van der Waals surface area contributed by atoms with Crippen molar-refractivity contribution in [1.82, 2.24) is 14.8 Å². The van der Waals surface area contributed by atoms with E-state index in [1.165, 1.54) is 25.3 Å². The molecule has 2 saturated heterocycles. The number of amides is 2. The summed E-state index contributed by atoms with van der Waals surface area (Å²) in [6.45, 7) is 5.69. The topological polar surface area (TPSA) is 101 Å². The molecule has 4 heterocycles. The van der Waals surface area contributed by atoms with Gasteiger partial charge in [-0.15, -0.1) is 0 Å². The fourth-order valence-electron chi connectivity index (χ4n) is 6.11. The zero-order valence-corrected chi connectivity index (χ0v) is 21.8. The second kappa shape index (κ2) is 10.5. The lowest BCUT2D eigenvalue weighted by atomic mass is 9.96. The number of benzene rings is 1. The number of hydrogen-bond acceptors (Lipinski definition) is 5. The molecule has 0 aliphatic carbocycles. The van der Waals surface area contributed by atoms with Gasteiger partial charge in [-0.05, 0) is 70.0 Å². The molecule has 0 saturated carbocycles. The Morgan fingerprint density at radius 3 is 2.53 bits per heavy atom. The number of H-pyrrole nitrogens is 1. The van der Waals surface area contributed by atoms with Gasteiger partial charge in [-0.2, -0.15) is 0 Å². The summed E-state index contributed by atoms with van der Waals surface area (Å²) in [6, 6.07) is 5.47. The normalized spacial score (nSPS) is 21.9. The van der Waals surface area contributed by atoms with Gasteiger partial charge >= 0.3 is 0 Å². The van der Waals surface area contributed by atoms with E-state index in [4.69, 9.17) is 0 Å². The number of halogens is 2. The van der Waals surface area contributed by atoms with Gasteiger partial charge in [-0.25, -0.2) is 8.78 Å². The van der Waals surface area contributed by atoms with Crippen LogP contribution >= 0.6 is 0 Å². The molecule has 1 aromatic carbocycles. The number of nitrogens with zero attached hydrogens (tertiary/aromatic N) is 2. The zero-order valence-electron chi connectivity index (χ0n) is 21.8. The maximum atomic E-state index is 15.1. The molecule has 0 spiro atoms. The molecule has 1 unspecified atom stereocenters. The number of aromatic nitrogens is 1. The number of rotatable bonds is 6. The van der Waals surface area contributed by atoms with E-state index in [0.717, 1.165) is 32.9 Å². The Balaban J connectivity index is 1.44. The maximum absolute atomic E-state index is 15.1. The molecule has 0 radical (unpaired) electrons. The van der Waals surface area contributed by atoms with E-state index in [2.05, 4.69) is 20.5 Å². The summed E-state index contributed by atoms with van der Waals surface area (Å²) in [4.78, 5) is 31.7. The first-order valence-electron chi connectivity index (χ1n) is 13.3. The highest BCUT2D eigenvalue weighted by Crippen LogP contribution is 2.41. The van der Waals surface area contributed by atoms with Crippen molar-refractivity contribution < 1.29 is 23.5 Å². The second-order valence-corrected chi connectivity index (χ2v) is 10.6. The highest BCUT2D eigenvalue weighted by atomic mass is 19.3. The van der Waals surface area contributed by atoms with E-state index in [1.54, 1.807) is 30.0 Å². The molecule has 38 heavy (non-hydrogen) atoms. The number of aryl methyl sites for hydroxylation is 1. The first-order valence-corrected chi connectivity index (χ1v) is 13.3. The van der Waals surface area contributed by atoms with Crippen molar-refractivity contribution >= 4 is 35.3 Å². The van der Waals surface area contributed by atoms with E-state index in [-0.39, 0.29) is 22.7 Å². The molecule has 4 N–H and O–H groups in total. The van der Waals surface area contributed by atoms with E-state index in [0.29, 0.717) is 53.7 Å². The highest BCUT2D eigenvalue weighted by Gasteiger charge is 2.39. The lowest BCUT2D eigenvalue weighted by Gasteiger charge is -2.40. The van der Waals surface area contributed by atoms with Crippen LogP contribution in [0.1, 0.15) is 71.9 Å². The molecule has 3 aliphatic rings. The molecule has 2 fully saturated rings. The van der Waals surface area contributed by atoms with Crippen LogP contribution in [0.2, 0.25) is 0 Å². The molecule has 10 heteroatoms. The van der Waals surface area contributed by atoms with Crippen molar-refractivity contribution in [3.05, 3.63) is 46.3 Å². The lowest BCUT2D eigenvalue weighted by molar-refractivity contribution is -0.105. The smallest absolute Gasteiger partial charge is 0.273 e. The quantitative estimate of drug-likeness (QED) is 0.418. The number of nitrogens with one attached hydrogen (secondary N) is 3. The molecule has 1 atom stereocenters. The number of hydrogen-bond donors (Lipinski definition) is 4. The zero-order chi connectivity index (χ0) is 27.0. The predicted octanol–water partition coefficient (Wildman–Crippen LogP) is 4.38. The largest absolute Gasteiger partial charge is 0.369 e. The van der Waals surface area contributed by atoms with Crippen molar-refractivity contribution in [2.45, 2.75) is 64.1 Å². The number of piperidine rings is 2. The minimum Gasteiger partial charge on any atom is -0.369 e. The van der Waals surface area contributed by atoms with Gasteiger partial charge in [0.1, 0.15) is 0 Å². The summed E-state index contributed by atoms with van der Waals surface area (Å²) in [6.07, 6.45) is 6.24. The number of alkyl halides is 2. The van der Waals surface area contributed by atoms with Crippen LogP contribution in [-0.4, -0.2) is 70.7 Å². The Morgan fingerprint density at radius 1 is 1.16 bits per heavy atom. The minimum atomic E-state index is -3.30. The van der Waals surface area contributed by atoms with Crippen LogP contribution in [-0.2, 0) is 10.7 Å². The number of carbonyl (C=O) groups excluding carboxylic acids is 2. The third kappa shape index (κ3) is 5.07. The molecule has 5 rings (SSSR count). The van der Waals surface area contributed by atoms with E-state index >= 15 is 8.78 Å². The van der Waals surface area contributed by atoms with Gasteiger partial charge in [0.15, 0.2) is 6.23 Å². The molecular formula is C28H35F2N5O3. The molecule has 3 aliphatic heterocycles. The van der Waals surface area contributed by atoms with Crippen LogP contribution in [0.15, 0.2) is 18.2 Å². The van der Waals surface area contributed by atoms with Crippen molar-refractivity contribution in [2.24, 2.45) is 0 Å².